The predicted octanol–water partition coefficient (Wildman–Crippen LogP) is 1.62. The standard InChI is InChI=1S/C21H27N7O2/c1-14(13-28-8-4-7-23-28)20(30)27-9-5-15(6-10-27)17-11-18-16(19(29)24-17)12-22-21(25-18)26(2)3/h4,7-8,11-12,14-15H,5-6,9-10,13H2,1-3H3,(H,24,29). The molecule has 1 aliphatic rings. The summed E-state index contributed by atoms with van der Waals surface area (Å²) in [7, 11) is 3.74. The lowest BCUT2D eigenvalue weighted by Gasteiger charge is -2.33. The molecular weight excluding hydrogens is 382 g/mol. The summed E-state index contributed by atoms with van der Waals surface area (Å²) >= 11 is 0. The van der Waals surface area contributed by atoms with E-state index in [2.05, 4.69) is 20.1 Å². The number of hydrogen-bond donors (Lipinski definition) is 1. The number of likely N-dealkylation sites (tertiary alicyclic amines) is 1. The van der Waals surface area contributed by atoms with Crippen molar-refractivity contribution in [3.63, 3.8) is 0 Å². The van der Waals surface area contributed by atoms with Crippen LogP contribution in [0.3, 0.4) is 0 Å². The molecule has 3 aromatic rings. The molecular formula is C21H27N7O2. The molecule has 9 nitrogen and oxygen atoms in total. The van der Waals surface area contributed by atoms with E-state index in [1.165, 1.54) is 0 Å². The third-order valence-electron chi connectivity index (χ3n) is 5.69. The minimum atomic E-state index is -0.167. The number of H-pyrrole nitrogens is 1. The lowest BCUT2D eigenvalue weighted by Crippen LogP contribution is -2.42. The Labute approximate surface area is 174 Å². The maximum Gasteiger partial charge on any atom is 0.259 e. The van der Waals surface area contributed by atoms with Crippen molar-refractivity contribution in [3.8, 4) is 0 Å². The molecule has 0 bridgehead atoms. The quantitative estimate of drug-likeness (QED) is 0.687. The SMILES string of the molecule is CC(Cn1cccn1)C(=O)N1CCC(c2cc3nc(N(C)C)ncc3c(=O)[nH]2)CC1. The van der Waals surface area contributed by atoms with Gasteiger partial charge >= 0.3 is 0 Å². The van der Waals surface area contributed by atoms with Crippen LogP contribution in [-0.4, -0.2) is 62.7 Å². The maximum absolute atomic E-state index is 12.8. The Bertz CT molecular complexity index is 1080. The van der Waals surface area contributed by atoms with Crippen LogP contribution in [0.2, 0.25) is 0 Å². The van der Waals surface area contributed by atoms with Crippen LogP contribution in [0.5, 0.6) is 0 Å². The highest BCUT2D eigenvalue weighted by Gasteiger charge is 2.27. The molecule has 0 aliphatic carbocycles. The zero-order valence-corrected chi connectivity index (χ0v) is 17.6. The first-order valence-corrected chi connectivity index (χ1v) is 10.3. The third kappa shape index (κ3) is 4.05. The molecule has 0 aromatic carbocycles. The van der Waals surface area contributed by atoms with E-state index in [0.717, 1.165) is 18.5 Å². The maximum atomic E-state index is 12.8. The summed E-state index contributed by atoms with van der Waals surface area (Å²) in [6.07, 6.45) is 6.79. The molecule has 1 amide bonds. The van der Waals surface area contributed by atoms with E-state index in [1.54, 1.807) is 17.1 Å². The molecule has 0 saturated carbocycles. The van der Waals surface area contributed by atoms with Crippen LogP contribution in [0.25, 0.3) is 10.9 Å². The number of nitrogens with zero attached hydrogens (tertiary/aromatic N) is 6. The van der Waals surface area contributed by atoms with E-state index in [0.29, 0.717) is 36.5 Å². The van der Waals surface area contributed by atoms with Crippen LogP contribution in [0, 0.1) is 5.92 Å². The van der Waals surface area contributed by atoms with Gasteiger partial charge in [-0.3, -0.25) is 14.3 Å². The molecule has 158 valence electrons. The fourth-order valence-electron chi connectivity index (χ4n) is 3.98. The highest BCUT2D eigenvalue weighted by molar-refractivity contribution is 5.79. The van der Waals surface area contributed by atoms with Gasteiger partial charge in [0.25, 0.3) is 5.56 Å². The first-order chi connectivity index (χ1) is 14.4. The number of fused-ring (bicyclic) bond motifs is 1. The number of amides is 1. The Morgan fingerprint density at radius 3 is 2.77 bits per heavy atom. The molecule has 1 N–H and O–H groups in total. The molecule has 0 spiro atoms. The van der Waals surface area contributed by atoms with Crippen molar-refractivity contribution in [2.45, 2.75) is 32.2 Å². The van der Waals surface area contributed by atoms with Gasteiger partial charge in [0.15, 0.2) is 0 Å². The van der Waals surface area contributed by atoms with Gasteiger partial charge in [-0.2, -0.15) is 5.10 Å². The zero-order valence-electron chi connectivity index (χ0n) is 17.6. The summed E-state index contributed by atoms with van der Waals surface area (Å²) in [5, 5.41) is 4.67. The van der Waals surface area contributed by atoms with Gasteiger partial charge in [-0.05, 0) is 25.0 Å². The Morgan fingerprint density at radius 2 is 2.10 bits per heavy atom. The molecule has 30 heavy (non-hydrogen) atoms. The van der Waals surface area contributed by atoms with Crippen molar-refractivity contribution in [3.05, 3.63) is 46.8 Å². The van der Waals surface area contributed by atoms with E-state index < -0.39 is 0 Å². The number of pyridine rings is 1. The van der Waals surface area contributed by atoms with Crippen molar-refractivity contribution < 1.29 is 4.79 Å². The summed E-state index contributed by atoms with van der Waals surface area (Å²) in [6, 6.07) is 3.81. The zero-order chi connectivity index (χ0) is 21.3. The number of rotatable bonds is 5. The first-order valence-electron chi connectivity index (χ1n) is 10.3. The number of aromatic nitrogens is 5. The number of hydrogen-bond acceptors (Lipinski definition) is 6. The number of carbonyl (C=O) groups excluding carboxylic acids is 1. The highest BCUT2D eigenvalue weighted by atomic mass is 16.2. The van der Waals surface area contributed by atoms with Gasteiger partial charge in [0.2, 0.25) is 11.9 Å². The number of aromatic amines is 1. The van der Waals surface area contributed by atoms with Crippen molar-refractivity contribution in [2.75, 3.05) is 32.1 Å². The lowest BCUT2D eigenvalue weighted by atomic mass is 9.92. The third-order valence-corrected chi connectivity index (χ3v) is 5.69. The van der Waals surface area contributed by atoms with Gasteiger partial charge < -0.3 is 14.8 Å². The average molecular weight is 409 g/mol. The fraction of sp³-hybridized carbons (Fsp3) is 0.476. The summed E-state index contributed by atoms with van der Waals surface area (Å²) < 4.78 is 1.79. The van der Waals surface area contributed by atoms with Crippen molar-refractivity contribution >= 4 is 22.8 Å². The number of piperidine rings is 1. The van der Waals surface area contributed by atoms with Crippen LogP contribution < -0.4 is 10.5 Å². The summed E-state index contributed by atoms with van der Waals surface area (Å²) in [5.41, 5.74) is 1.37. The van der Waals surface area contributed by atoms with Crippen LogP contribution in [0.4, 0.5) is 5.95 Å². The molecule has 0 radical (unpaired) electrons. The van der Waals surface area contributed by atoms with Crippen molar-refractivity contribution in [2.24, 2.45) is 5.92 Å². The topological polar surface area (TPSA) is 100 Å². The Hall–Kier alpha value is -3.23. The molecule has 1 fully saturated rings. The van der Waals surface area contributed by atoms with E-state index in [4.69, 9.17) is 0 Å². The largest absolute Gasteiger partial charge is 0.347 e. The molecule has 1 unspecified atom stereocenters. The second-order valence-electron chi connectivity index (χ2n) is 8.15. The molecule has 1 aliphatic heterocycles. The molecule has 4 rings (SSSR count). The van der Waals surface area contributed by atoms with Gasteiger partial charge in [0, 0.05) is 57.4 Å². The number of nitrogens with one attached hydrogen (secondary N) is 1. The fourth-order valence-corrected chi connectivity index (χ4v) is 3.98. The number of carbonyl (C=O) groups is 1. The summed E-state index contributed by atoms with van der Waals surface area (Å²) in [6.45, 7) is 3.89. The lowest BCUT2D eigenvalue weighted by molar-refractivity contribution is -0.136. The average Bonchev–Trinajstić information content (AvgIpc) is 3.25. The van der Waals surface area contributed by atoms with Crippen LogP contribution in [-0.2, 0) is 11.3 Å². The van der Waals surface area contributed by atoms with E-state index in [1.807, 2.05) is 49.1 Å². The van der Waals surface area contributed by atoms with Gasteiger partial charge in [0.1, 0.15) is 0 Å². The van der Waals surface area contributed by atoms with Gasteiger partial charge in [0.05, 0.1) is 23.4 Å². The van der Waals surface area contributed by atoms with Gasteiger partial charge in [-0.25, -0.2) is 9.97 Å². The van der Waals surface area contributed by atoms with Crippen molar-refractivity contribution in [1.82, 2.24) is 29.6 Å². The van der Waals surface area contributed by atoms with E-state index >= 15 is 0 Å². The highest BCUT2D eigenvalue weighted by Crippen LogP contribution is 2.28. The smallest absolute Gasteiger partial charge is 0.259 e. The molecule has 3 aromatic heterocycles. The molecule has 1 atom stereocenters. The summed E-state index contributed by atoms with van der Waals surface area (Å²) in [5.74, 6) is 0.804. The van der Waals surface area contributed by atoms with Crippen molar-refractivity contribution in [1.29, 1.82) is 0 Å². The van der Waals surface area contributed by atoms with Crippen LogP contribution >= 0.6 is 0 Å². The Balaban J connectivity index is 1.45. The van der Waals surface area contributed by atoms with Gasteiger partial charge in [-0.1, -0.05) is 6.92 Å². The summed E-state index contributed by atoms with van der Waals surface area (Å²) in [4.78, 5) is 40.8. The Morgan fingerprint density at radius 1 is 1.33 bits per heavy atom. The number of anilines is 1. The normalized spacial score (nSPS) is 16.0. The second-order valence-corrected chi connectivity index (χ2v) is 8.15. The van der Waals surface area contributed by atoms with Crippen LogP contribution in [0.1, 0.15) is 31.4 Å². The van der Waals surface area contributed by atoms with E-state index in [-0.39, 0.29) is 23.3 Å². The van der Waals surface area contributed by atoms with Crippen LogP contribution in [0.15, 0.2) is 35.5 Å². The molecule has 1 saturated heterocycles. The Kier molecular flexibility index (Phi) is 5.52. The minimum absolute atomic E-state index is 0.122. The van der Waals surface area contributed by atoms with E-state index in [9.17, 15) is 9.59 Å². The molecule has 4 heterocycles. The first kappa shape index (κ1) is 20.1. The second kappa shape index (κ2) is 8.25. The monoisotopic (exact) mass is 409 g/mol. The minimum Gasteiger partial charge on any atom is -0.347 e. The van der Waals surface area contributed by atoms with Gasteiger partial charge in [-0.15, -0.1) is 0 Å². The predicted molar refractivity (Wildman–Crippen MR) is 114 cm³/mol. The molecule has 9 heteroatoms.